The quantitative estimate of drug-likeness (QED) is 0.773. The summed E-state index contributed by atoms with van der Waals surface area (Å²) in [5.41, 5.74) is 3.68. The van der Waals surface area contributed by atoms with Crippen LogP contribution in [0.25, 0.3) is 0 Å². The van der Waals surface area contributed by atoms with Gasteiger partial charge in [-0.3, -0.25) is 5.43 Å². The van der Waals surface area contributed by atoms with Crippen LogP contribution in [0.15, 0.2) is 0 Å². The lowest BCUT2D eigenvalue weighted by molar-refractivity contribution is 0.0424. The molecule has 0 atom stereocenters. The maximum absolute atomic E-state index is 5.39. The summed E-state index contributed by atoms with van der Waals surface area (Å²) in [6, 6.07) is 0.703. The fourth-order valence-electron chi connectivity index (χ4n) is 2.71. The van der Waals surface area contributed by atoms with Crippen LogP contribution in [0.1, 0.15) is 44.9 Å². The van der Waals surface area contributed by atoms with Gasteiger partial charge in [0, 0.05) is 26.2 Å². The van der Waals surface area contributed by atoms with E-state index in [-0.39, 0.29) is 0 Å². The van der Waals surface area contributed by atoms with Crippen LogP contribution in [0.3, 0.4) is 0 Å². The van der Waals surface area contributed by atoms with Crippen molar-refractivity contribution in [1.82, 2.24) is 10.4 Å². The number of piperidine rings is 1. The average molecular weight is 212 g/mol. The molecule has 1 aliphatic carbocycles. The van der Waals surface area contributed by atoms with Crippen molar-refractivity contribution in [2.45, 2.75) is 57.1 Å². The van der Waals surface area contributed by atoms with Gasteiger partial charge in [0.15, 0.2) is 0 Å². The first kappa shape index (κ1) is 11.4. The van der Waals surface area contributed by atoms with Crippen molar-refractivity contribution in [3.63, 3.8) is 0 Å². The molecule has 0 aromatic heterocycles. The van der Waals surface area contributed by atoms with Crippen molar-refractivity contribution in [1.29, 1.82) is 0 Å². The van der Waals surface area contributed by atoms with E-state index in [2.05, 4.69) is 10.4 Å². The monoisotopic (exact) mass is 212 g/mol. The van der Waals surface area contributed by atoms with Crippen molar-refractivity contribution < 1.29 is 4.74 Å². The van der Waals surface area contributed by atoms with E-state index in [1.54, 1.807) is 0 Å². The van der Waals surface area contributed by atoms with Gasteiger partial charge in [0.05, 0.1) is 6.10 Å². The van der Waals surface area contributed by atoms with Gasteiger partial charge in [-0.05, 0) is 38.5 Å². The molecule has 1 N–H and O–H groups in total. The zero-order chi connectivity index (χ0) is 10.5. The molecule has 0 amide bonds. The smallest absolute Gasteiger partial charge is 0.0572 e. The molecule has 2 rings (SSSR count). The Hall–Kier alpha value is -0.120. The molecule has 1 saturated heterocycles. The van der Waals surface area contributed by atoms with E-state index in [0.29, 0.717) is 12.1 Å². The second-order valence-electron chi connectivity index (χ2n) is 4.89. The Morgan fingerprint density at radius 1 is 1.00 bits per heavy atom. The largest absolute Gasteiger partial charge is 0.381 e. The van der Waals surface area contributed by atoms with Gasteiger partial charge in [-0.1, -0.05) is 6.42 Å². The van der Waals surface area contributed by atoms with Gasteiger partial charge >= 0.3 is 0 Å². The Labute approximate surface area is 93.1 Å². The molecule has 2 aliphatic rings. The summed E-state index contributed by atoms with van der Waals surface area (Å²) < 4.78 is 5.39. The summed E-state index contributed by atoms with van der Waals surface area (Å²) in [6.07, 6.45) is 9.65. The van der Waals surface area contributed by atoms with Crippen molar-refractivity contribution in [2.24, 2.45) is 0 Å². The molecule has 1 saturated carbocycles. The van der Waals surface area contributed by atoms with E-state index in [1.165, 1.54) is 58.0 Å². The normalized spacial score (nSPS) is 34.2. The summed E-state index contributed by atoms with van der Waals surface area (Å²) in [5.74, 6) is 0. The van der Waals surface area contributed by atoms with Crippen LogP contribution < -0.4 is 5.43 Å². The maximum Gasteiger partial charge on any atom is 0.0572 e. The first-order valence-electron chi connectivity index (χ1n) is 6.42. The third-order valence-electron chi connectivity index (χ3n) is 3.73. The van der Waals surface area contributed by atoms with Crippen molar-refractivity contribution in [2.75, 3.05) is 20.2 Å². The Kier molecular flexibility index (Phi) is 4.42. The standard InChI is InChI=1S/C12H24N2O/c1-15-12-7-5-11(6-8-12)13-14-9-3-2-4-10-14/h11-13H,2-10H2,1H3. The van der Waals surface area contributed by atoms with E-state index in [9.17, 15) is 0 Å². The second-order valence-corrected chi connectivity index (χ2v) is 4.89. The number of nitrogens with one attached hydrogen (secondary N) is 1. The minimum atomic E-state index is 0.518. The van der Waals surface area contributed by atoms with E-state index in [4.69, 9.17) is 4.74 Å². The Balaban J connectivity index is 1.67. The molecule has 1 aliphatic heterocycles. The van der Waals surface area contributed by atoms with Gasteiger partial charge in [-0.2, -0.15) is 0 Å². The highest BCUT2D eigenvalue weighted by Gasteiger charge is 2.22. The topological polar surface area (TPSA) is 24.5 Å². The number of hydrogen-bond donors (Lipinski definition) is 1. The molecule has 0 unspecified atom stereocenters. The van der Waals surface area contributed by atoms with Gasteiger partial charge in [-0.15, -0.1) is 0 Å². The summed E-state index contributed by atoms with van der Waals surface area (Å²) in [4.78, 5) is 0. The molecule has 0 radical (unpaired) electrons. The van der Waals surface area contributed by atoms with Crippen LogP contribution in [-0.4, -0.2) is 37.4 Å². The van der Waals surface area contributed by atoms with Gasteiger partial charge < -0.3 is 4.74 Å². The first-order chi connectivity index (χ1) is 7.38. The molecule has 1 heterocycles. The Bertz CT molecular complexity index is 172. The van der Waals surface area contributed by atoms with Crippen LogP contribution >= 0.6 is 0 Å². The number of rotatable bonds is 3. The third kappa shape index (κ3) is 3.44. The second kappa shape index (κ2) is 5.83. The zero-order valence-electron chi connectivity index (χ0n) is 9.87. The van der Waals surface area contributed by atoms with Gasteiger partial charge in [0.1, 0.15) is 0 Å². The predicted octanol–water partition coefficient (Wildman–Crippen LogP) is 1.93. The third-order valence-corrected chi connectivity index (χ3v) is 3.73. The minimum Gasteiger partial charge on any atom is -0.381 e. The van der Waals surface area contributed by atoms with Crippen molar-refractivity contribution in [3.8, 4) is 0 Å². The van der Waals surface area contributed by atoms with Gasteiger partial charge in [0.2, 0.25) is 0 Å². The molecular formula is C12H24N2O. The van der Waals surface area contributed by atoms with Crippen LogP contribution in [0, 0.1) is 0 Å². The molecule has 15 heavy (non-hydrogen) atoms. The van der Waals surface area contributed by atoms with Gasteiger partial charge in [0.25, 0.3) is 0 Å². The molecule has 0 spiro atoms. The van der Waals surface area contributed by atoms with Crippen molar-refractivity contribution in [3.05, 3.63) is 0 Å². The number of ether oxygens (including phenoxy) is 1. The fourth-order valence-corrected chi connectivity index (χ4v) is 2.71. The van der Waals surface area contributed by atoms with Crippen LogP contribution in [0.2, 0.25) is 0 Å². The summed E-state index contributed by atoms with van der Waals surface area (Å²) in [6.45, 7) is 2.48. The average Bonchev–Trinajstić information content (AvgIpc) is 2.31. The lowest BCUT2D eigenvalue weighted by Gasteiger charge is -2.35. The maximum atomic E-state index is 5.39. The molecule has 3 nitrogen and oxygen atoms in total. The predicted molar refractivity (Wildman–Crippen MR) is 61.6 cm³/mol. The molecule has 3 heteroatoms. The highest BCUT2D eigenvalue weighted by molar-refractivity contribution is 4.77. The van der Waals surface area contributed by atoms with Crippen LogP contribution in [0.5, 0.6) is 0 Å². The fraction of sp³-hybridized carbons (Fsp3) is 1.00. The zero-order valence-corrected chi connectivity index (χ0v) is 9.87. The highest BCUT2D eigenvalue weighted by atomic mass is 16.5. The Morgan fingerprint density at radius 3 is 2.27 bits per heavy atom. The summed E-state index contributed by atoms with van der Waals surface area (Å²) in [5, 5.41) is 2.43. The van der Waals surface area contributed by atoms with E-state index in [1.807, 2.05) is 7.11 Å². The molecule has 2 fully saturated rings. The first-order valence-corrected chi connectivity index (χ1v) is 6.42. The number of nitrogens with zero attached hydrogens (tertiary/aromatic N) is 1. The molecular weight excluding hydrogens is 188 g/mol. The minimum absolute atomic E-state index is 0.518. The number of hydrogen-bond acceptors (Lipinski definition) is 3. The van der Waals surface area contributed by atoms with E-state index < -0.39 is 0 Å². The lowest BCUT2D eigenvalue weighted by Crippen LogP contribution is -2.48. The van der Waals surface area contributed by atoms with Gasteiger partial charge in [-0.25, -0.2) is 5.01 Å². The molecule has 0 aromatic rings. The van der Waals surface area contributed by atoms with Crippen LogP contribution in [-0.2, 0) is 4.74 Å². The molecule has 0 bridgehead atoms. The summed E-state index contributed by atoms with van der Waals surface area (Å²) >= 11 is 0. The molecule has 88 valence electrons. The van der Waals surface area contributed by atoms with E-state index in [0.717, 1.165) is 0 Å². The SMILES string of the molecule is COC1CCC(NN2CCCCC2)CC1. The number of methoxy groups -OCH3 is 1. The van der Waals surface area contributed by atoms with Crippen LogP contribution in [0.4, 0.5) is 0 Å². The molecule has 0 aromatic carbocycles. The Morgan fingerprint density at radius 2 is 1.67 bits per heavy atom. The lowest BCUT2D eigenvalue weighted by atomic mass is 9.93. The highest BCUT2D eigenvalue weighted by Crippen LogP contribution is 2.21. The summed E-state index contributed by atoms with van der Waals surface area (Å²) in [7, 11) is 1.84. The van der Waals surface area contributed by atoms with Crippen molar-refractivity contribution >= 4 is 0 Å². The number of hydrazine groups is 1. The van der Waals surface area contributed by atoms with E-state index >= 15 is 0 Å².